The Morgan fingerprint density at radius 1 is 1.35 bits per heavy atom. The van der Waals surface area contributed by atoms with Crippen LogP contribution in [-0.2, 0) is 0 Å². The maximum Gasteiger partial charge on any atom is 0.337 e. The molecule has 0 unspecified atom stereocenters. The molecule has 8 heteroatoms. The molecule has 2 aromatic rings. The van der Waals surface area contributed by atoms with Gasteiger partial charge < -0.3 is 5.11 Å². The number of hydrogen-bond donors (Lipinski definition) is 1. The van der Waals surface area contributed by atoms with Crippen LogP contribution >= 0.6 is 11.8 Å². The molecule has 0 fully saturated rings. The van der Waals surface area contributed by atoms with Crippen molar-refractivity contribution in [3.05, 3.63) is 51.8 Å². The van der Waals surface area contributed by atoms with Crippen molar-refractivity contribution in [1.29, 1.82) is 0 Å². The standard InChI is InChI=1S/C12H9N3O4S/c1-7-2-4-9(15(18)19)11(14-7)20-10-5-3-8(6-13-10)12(16)17/h2-6H,1H3,(H,16,17). The van der Waals surface area contributed by atoms with Gasteiger partial charge in [-0.25, -0.2) is 14.8 Å². The van der Waals surface area contributed by atoms with Crippen molar-refractivity contribution < 1.29 is 14.8 Å². The van der Waals surface area contributed by atoms with Gasteiger partial charge in [-0.3, -0.25) is 10.1 Å². The summed E-state index contributed by atoms with van der Waals surface area (Å²) in [6.45, 7) is 1.73. The number of carbonyl (C=O) groups is 1. The minimum Gasteiger partial charge on any atom is -0.478 e. The predicted octanol–water partition coefficient (Wildman–Crippen LogP) is 2.54. The number of nitro groups is 1. The largest absolute Gasteiger partial charge is 0.478 e. The number of hydrogen-bond acceptors (Lipinski definition) is 6. The first-order valence-corrected chi connectivity index (χ1v) is 6.28. The van der Waals surface area contributed by atoms with E-state index in [1.165, 1.54) is 24.4 Å². The summed E-state index contributed by atoms with van der Waals surface area (Å²) >= 11 is 1.02. The molecule has 0 bridgehead atoms. The van der Waals surface area contributed by atoms with E-state index in [4.69, 9.17) is 5.11 Å². The molecule has 0 aliphatic carbocycles. The molecule has 7 nitrogen and oxygen atoms in total. The Kier molecular flexibility index (Phi) is 3.94. The minimum absolute atomic E-state index is 0.0565. The van der Waals surface area contributed by atoms with Gasteiger partial charge in [0.05, 0.1) is 10.5 Å². The molecule has 0 saturated carbocycles. The number of pyridine rings is 2. The Bertz CT molecular complexity index is 673. The van der Waals surface area contributed by atoms with Gasteiger partial charge in [-0.15, -0.1) is 0 Å². The van der Waals surface area contributed by atoms with Crippen molar-refractivity contribution in [2.75, 3.05) is 0 Å². The quantitative estimate of drug-likeness (QED) is 0.681. The van der Waals surface area contributed by atoms with Crippen LogP contribution in [0.25, 0.3) is 0 Å². The summed E-state index contributed by atoms with van der Waals surface area (Å²) < 4.78 is 0. The molecule has 2 heterocycles. The molecule has 0 aliphatic rings. The zero-order chi connectivity index (χ0) is 14.7. The molecule has 0 atom stereocenters. The van der Waals surface area contributed by atoms with Crippen LogP contribution in [0, 0.1) is 17.0 Å². The number of aromatic nitrogens is 2. The van der Waals surface area contributed by atoms with Crippen molar-refractivity contribution in [3.63, 3.8) is 0 Å². The van der Waals surface area contributed by atoms with Crippen molar-refractivity contribution in [1.82, 2.24) is 9.97 Å². The van der Waals surface area contributed by atoms with Crippen LogP contribution in [0.4, 0.5) is 5.69 Å². The molecule has 1 N–H and O–H groups in total. The average Bonchev–Trinajstić information content (AvgIpc) is 2.39. The Balaban J connectivity index is 2.31. The van der Waals surface area contributed by atoms with E-state index in [0.29, 0.717) is 10.7 Å². The van der Waals surface area contributed by atoms with Gasteiger partial charge in [-0.05, 0) is 36.9 Å². The van der Waals surface area contributed by atoms with E-state index < -0.39 is 10.9 Å². The van der Waals surface area contributed by atoms with Crippen molar-refractivity contribution >= 4 is 23.4 Å². The third-order valence-corrected chi connectivity index (χ3v) is 3.31. The highest BCUT2D eigenvalue weighted by molar-refractivity contribution is 7.99. The summed E-state index contributed by atoms with van der Waals surface area (Å²) in [5.41, 5.74) is 0.603. The van der Waals surface area contributed by atoms with E-state index in [2.05, 4.69) is 9.97 Å². The number of aromatic carboxylic acids is 1. The topological polar surface area (TPSA) is 106 Å². The molecule has 0 spiro atoms. The van der Waals surface area contributed by atoms with Crippen LogP contribution in [0.15, 0.2) is 40.5 Å². The first-order valence-electron chi connectivity index (χ1n) is 5.46. The molecular formula is C12H9N3O4S. The Morgan fingerprint density at radius 2 is 2.10 bits per heavy atom. The lowest BCUT2D eigenvalue weighted by Crippen LogP contribution is -1.98. The van der Waals surface area contributed by atoms with E-state index in [1.807, 2.05) is 0 Å². The highest BCUT2D eigenvalue weighted by atomic mass is 32.2. The van der Waals surface area contributed by atoms with Gasteiger partial charge in [-0.1, -0.05) is 0 Å². The maximum absolute atomic E-state index is 10.9. The van der Waals surface area contributed by atoms with Crippen molar-refractivity contribution in [3.8, 4) is 0 Å². The molecule has 102 valence electrons. The fourth-order valence-corrected chi connectivity index (χ4v) is 2.28. The van der Waals surface area contributed by atoms with E-state index in [-0.39, 0.29) is 16.3 Å². The van der Waals surface area contributed by atoms with Crippen LogP contribution in [-0.4, -0.2) is 26.0 Å². The van der Waals surface area contributed by atoms with Crippen molar-refractivity contribution in [2.45, 2.75) is 17.0 Å². The monoisotopic (exact) mass is 291 g/mol. The first-order chi connectivity index (χ1) is 9.47. The second kappa shape index (κ2) is 5.66. The van der Waals surface area contributed by atoms with E-state index in [0.717, 1.165) is 11.8 Å². The lowest BCUT2D eigenvalue weighted by molar-refractivity contribution is -0.388. The zero-order valence-corrected chi connectivity index (χ0v) is 11.1. The molecule has 20 heavy (non-hydrogen) atoms. The lowest BCUT2D eigenvalue weighted by atomic mass is 10.3. The normalized spacial score (nSPS) is 10.2. The average molecular weight is 291 g/mol. The fourth-order valence-electron chi connectivity index (χ4n) is 1.41. The summed E-state index contributed by atoms with van der Waals surface area (Å²) in [6.07, 6.45) is 1.20. The van der Waals surface area contributed by atoms with Gasteiger partial charge >= 0.3 is 11.7 Å². The van der Waals surface area contributed by atoms with Gasteiger partial charge in [0.2, 0.25) is 0 Å². The SMILES string of the molecule is Cc1ccc([N+](=O)[O-])c(Sc2ccc(C(=O)O)cn2)n1. The molecule has 0 aliphatic heterocycles. The molecular weight excluding hydrogens is 282 g/mol. The smallest absolute Gasteiger partial charge is 0.337 e. The second-order valence-electron chi connectivity index (χ2n) is 3.83. The van der Waals surface area contributed by atoms with Crippen molar-refractivity contribution in [2.24, 2.45) is 0 Å². The Labute approximate surface area is 117 Å². The molecule has 0 radical (unpaired) electrons. The van der Waals surface area contributed by atoms with Gasteiger partial charge in [-0.2, -0.15) is 0 Å². The lowest BCUT2D eigenvalue weighted by Gasteiger charge is -2.03. The Morgan fingerprint density at radius 3 is 2.65 bits per heavy atom. The zero-order valence-electron chi connectivity index (χ0n) is 10.3. The summed E-state index contributed by atoms with van der Waals surface area (Å²) in [6, 6.07) is 5.82. The summed E-state index contributed by atoms with van der Waals surface area (Å²) in [5, 5.41) is 20.4. The molecule has 2 aromatic heterocycles. The number of carboxylic acids is 1. The molecule has 0 amide bonds. The number of nitrogens with zero attached hydrogens (tertiary/aromatic N) is 3. The minimum atomic E-state index is -1.08. The summed E-state index contributed by atoms with van der Waals surface area (Å²) in [4.78, 5) is 29.2. The van der Waals surface area contributed by atoms with Crippen LogP contribution in [0.1, 0.15) is 16.1 Å². The molecule has 2 rings (SSSR count). The van der Waals surface area contributed by atoms with Gasteiger partial charge in [0.1, 0.15) is 5.03 Å². The number of aryl methyl sites for hydroxylation is 1. The van der Waals surface area contributed by atoms with Crippen LogP contribution in [0.3, 0.4) is 0 Å². The maximum atomic E-state index is 10.9. The Hall–Kier alpha value is -2.48. The van der Waals surface area contributed by atoms with Gasteiger partial charge in [0.25, 0.3) is 0 Å². The number of rotatable bonds is 4. The van der Waals surface area contributed by atoms with E-state index in [9.17, 15) is 14.9 Å². The van der Waals surface area contributed by atoms with E-state index >= 15 is 0 Å². The fraction of sp³-hybridized carbons (Fsp3) is 0.0833. The van der Waals surface area contributed by atoms with Gasteiger partial charge in [0, 0.05) is 18.0 Å². The third-order valence-electron chi connectivity index (χ3n) is 2.36. The first kappa shape index (κ1) is 13.9. The summed E-state index contributed by atoms with van der Waals surface area (Å²) in [5.74, 6) is -1.08. The van der Waals surface area contributed by atoms with Gasteiger partial charge in [0.15, 0.2) is 5.03 Å². The predicted molar refractivity (Wildman–Crippen MR) is 70.9 cm³/mol. The molecule has 0 aromatic carbocycles. The highest BCUT2D eigenvalue weighted by Crippen LogP contribution is 2.32. The summed E-state index contributed by atoms with van der Waals surface area (Å²) in [7, 11) is 0. The van der Waals surface area contributed by atoms with Crippen LogP contribution < -0.4 is 0 Å². The van der Waals surface area contributed by atoms with Crippen LogP contribution in [0.5, 0.6) is 0 Å². The highest BCUT2D eigenvalue weighted by Gasteiger charge is 2.17. The third kappa shape index (κ3) is 3.09. The van der Waals surface area contributed by atoms with E-state index in [1.54, 1.807) is 13.0 Å². The van der Waals surface area contributed by atoms with Crippen LogP contribution in [0.2, 0.25) is 0 Å². The second-order valence-corrected chi connectivity index (χ2v) is 4.84. The number of carboxylic acid groups (broad SMARTS) is 1. The molecule has 0 saturated heterocycles.